The van der Waals surface area contributed by atoms with Gasteiger partial charge in [0.2, 0.25) is 10.0 Å². The molecular formula is C14H24N2O2S. The summed E-state index contributed by atoms with van der Waals surface area (Å²) in [6, 6.07) is 7.02. The summed E-state index contributed by atoms with van der Waals surface area (Å²) in [6.07, 6.45) is 2.76. The molecule has 0 aliphatic heterocycles. The molecule has 19 heavy (non-hydrogen) atoms. The molecule has 0 saturated heterocycles. The van der Waals surface area contributed by atoms with E-state index in [0.29, 0.717) is 23.9 Å². The Morgan fingerprint density at radius 1 is 1.26 bits per heavy atom. The molecule has 0 heterocycles. The highest BCUT2D eigenvalue weighted by Gasteiger charge is 2.14. The fourth-order valence-electron chi connectivity index (χ4n) is 1.62. The largest absolute Gasteiger partial charge is 0.330 e. The van der Waals surface area contributed by atoms with Crippen molar-refractivity contribution >= 4 is 10.0 Å². The highest BCUT2D eigenvalue weighted by atomic mass is 32.2. The zero-order chi connectivity index (χ0) is 14.3. The van der Waals surface area contributed by atoms with Crippen molar-refractivity contribution in [3.8, 4) is 0 Å². The summed E-state index contributed by atoms with van der Waals surface area (Å²) in [5.74, 6) is 0.346. The summed E-state index contributed by atoms with van der Waals surface area (Å²) < 4.78 is 26.7. The summed E-state index contributed by atoms with van der Waals surface area (Å²) in [7, 11) is -3.38. The third-order valence-electron chi connectivity index (χ3n) is 3.22. The number of nitrogens with one attached hydrogen (secondary N) is 1. The molecule has 0 bridgehead atoms. The Hall–Kier alpha value is -0.910. The van der Waals surface area contributed by atoms with Crippen LogP contribution in [0.3, 0.4) is 0 Å². The molecule has 0 aliphatic carbocycles. The molecule has 0 amide bonds. The van der Waals surface area contributed by atoms with Crippen LogP contribution < -0.4 is 10.5 Å². The summed E-state index contributed by atoms with van der Waals surface area (Å²) >= 11 is 0. The van der Waals surface area contributed by atoms with Gasteiger partial charge in [-0.2, -0.15) is 0 Å². The van der Waals surface area contributed by atoms with Crippen molar-refractivity contribution in [1.29, 1.82) is 0 Å². The van der Waals surface area contributed by atoms with Crippen molar-refractivity contribution in [3.63, 3.8) is 0 Å². The van der Waals surface area contributed by atoms with Crippen LogP contribution in [0.15, 0.2) is 29.2 Å². The van der Waals surface area contributed by atoms with E-state index in [4.69, 9.17) is 5.73 Å². The first kappa shape index (κ1) is 16.1. The zero-order valence-electron chi connectivity index (χ0n) is 11.7. The third-order valence-corrected chi connectivity index (χ3v) is 4.66. The molecule has 0 spiro atoms. The van der Waals surface area contributed by atoms with Crippen molar-refractivity contribution in [3.05, 3.63) is 29.8 Å². The second-order valence-electron chi connectivity index (χ2n) is 4.90. The Morgan fingerprint density at radius 2 is 1.89 bits per heavy atom. The predicted molar refractivity (Wildman–Crippen MR) is 78.5 cm³/mol. The average molecular weight is 284 g/mol. The number of hydrogen-bond acceptors (Lipinski definition) is 3. The van der Waals surface area contributed by atoms with Gasteiger partial charge in [0.15, 0.2) is 0 Å². The van der Waals surface area contributed by atoms with E-state index in [2.05, 4.69) is 4.72 Å². The molecule has 3 N–H and O–H groups in total. The third kappa shape index (κ3) is 5.30. The number of benzene rings is 1. The van der Waals surface area contributed by atoms with Crippen LogP contribution in [0, 0.1) is 5.92 Å². The lowest BCUT2D eigenvalue weighted by Gasteiger charge is -2.11. The molecule has 0 aromatic heterocycles. The molecule has 1 unspecified atom stereocenters. The smallest absolute Gasteiger partial charge is 0.240 e. The maximum absolute atomic E-state index is 12.0. The van der Waals surface area contributed by atoms with Crippen molar-refractivity contribution in [2.45, 2.75) is 38.0 Å². The van der Waals surface area contributed by atoms with E-state index < -0.39 is 10.0 Å². The molecule has 1 aromatic carbocycles. The average Bonchev–Trinajstić information content (AvgIpc) is 2.43. The highest BCUT2D eigenvalue weighted by molar-refractivity contribution is 7.89. The Kier molecular flexibility index (Phi) is 6.48. The quantitative estimate of drug-likeness (QED) is 0.766. The number of aryl methyl sites for hydroxylation is 1. The van der Waals surface area contributed by atoms with E-state index in [1.807, 2.05) is 26.0 Å². The first-order valence-corrected chi connectivity index (χ1v) is 8.26. The SMILES string of the molecule is CCC(C)CNS(=O)(=O)c1ccc(CCCN)cc1. The van der Waals surface area contributed by atoms with Crippen LogP contribution in [0.5, 0.6) is 0 Å². The normalized spacial score (nSPS) is 13.4. The Labute approximate surface area is 116 Å². The van der Waals surface area contributed by atoms with Crippen molar-refractivity contribution < 1.29 is 8.42 Å². The molecule has 4 nitrogen and oxygen atoms in total. The molecule has 5 heteroatoms. The van der Waals surface area contributed by atoms with Gasteiger partial charge in [-0.25, -0.2) is 13.1 Å². The van der Waals surface area contributed by atoms with Crippen LogP contribution >= 0.6 is 0 Å². The van der Waals surface area contributed by atoms with E-state index in [0.717, 1.165) is 24.8 Å². The van der Waals surface area contributed by atoms with Gasteiger partial charge in [-0.15, -0.1) is 0 Å². The van der Waals surface area contributed by atoms with E-state index in [-0.39, 0.29) is 0 Å². The minimum atomic E-state index is -3.38. The zero-order valence-corrected chi connectivity index (χ0v) is 12.5. The second kappa shape index (κ2) is 7.62. The Bertz CT molecular complexity index is 469. The number of nitrogens with two attached hydrogens (primary N) is 1. The highest BCUT2D eigenvalue weighted by Crippen LogP contribution is 2.12. The van der Waals surface area contributed by atoms with Crippen LogP contribution in [0.4, 0.5) is 0 Å². The van der Waals surface area contributed by atoms with Gasteiger partial charge >= 0.3 is 0 Å². The second-order valence-corrected chi connectivity index (χ2v) is 6.67. The lowest BCUT2D eigenvalue weighted by molar-refractivity contribution is 0.528. The van der Waals surface area contributed by atoms with Crippen LogP contribution in [0.2, 0.25) is 0 Å². The molecule has 0 aliphatic rings. The maximum atomic E-state index is 12.0. The van der Waals surface area contributed by atoms with E-state index >= 15 is 0 Å². The molecule has 108 valence electrons. The number of hydrogen-bond donors (Lipinski definition) is 2. The Morgan fingerprint density at radius 3 is 2.42 bits per heavy atom. The molecule has 0 fully saturated rings. The van der Waals surface area contributed by atoms with Crippen molar-refractivity contribution in [1.82, 2.24) is 4.72 Å². The van der Waals surface area contributed by atoms with Gasteiger partial charge < -0.3 is 5.73 Å². The number of sulfonamides is 1. The molecule has 1 atom stereocenters. The molecule has 0 radical (unpaired) electrons. The van der Waals surface area contributed by atoms with E-state index in [1.165, 1.54) is 0 Å². The Balaban J connectivity index is 2.68. The van der Waals surface area contributed by atoms with Crippen LogP contribution in [0.1, 0.15) is 32.3 Å². The van der Waals surface area contributed by atoms with Gasteiger partial charge in [0, 0.05) is 6.54 Å². The first-order chi connectivity index (χ1) is 8.99. The molecule has 1 aromatic rings. The van der Waals surface area contributed by atoms with Crippen LogP contribution in [-0.4, -0.2) is 21.5 Å². The standard InChI is InChI=1S/C14H24N2O2S/c1-3-12(2)11-16-19(17,18)14-8-6-13(7-9-14)5-4-10-15/h6-9,12,16H,3-5,10-11,15H2,1-2H3. The van der Waals surface area contributed by atoms with Gasteiger partial charge in [0.05, 0.1) is 4.90 Å². The van der Waals surface area contributed by atoms with Gasteiger partial charge in [0.25, 0.3) is 0 Å². The monoisotopic (exact) mass is 284 g/mol. The van der Waals surface area contributed by atoms with Gasteiger partial charge in [-0.05, 0) is 43.0 Å². The maximum Gasteiger partial charge on any atom is 0.240 e. The van der Waals surface area contributed by atoms with Gasteiger partial charge in [0.1, 0.15) is 0 Å². The molecular weight excluding hydrogens is 260 g/mol. The van der Waals surface area contributed by atoms with Gasteiger partial charge in [-0.3, -0.25) is 0 Å². The lowest BCUT2D eigenvalue weighted by Crippen LogP contribution is -2.28. The minimum absolute atomic E-state index is 0.326. The lowest BCUT2D eigenvalue weighted by atomic mass is 10.1. The van der Waals surface area contributed by atoms with Crippen molar-refractivity contribution in [2.75, 3.05) is 13.1 Å². The summed E-state index contributed by atoms with van der Waals surface area (Å²) in [4.78, 5) is 0.326. The fourth-order valence-corrected chi connectivity index (χ4v) is 2.79. The van der Waals surface area contributed by atoms with Gasteiger partial charge in [-0.1, -0.05) is 32.4 Å². The fraction of sp³-hybridized carbons (Fsp3) is 0.571. The van der Waals surface area contributed by atoms with Crippen molar-refractivity contribution in [2.24, 2.45) is 11.7 Å². The van der Waals surface area contributed by atoms with E-state index in [9.17, 15) is 8.42 Å². The van der Waals surface area contributed by atoms with E-state index in [1.54, 1.807) is 12.1 Å². The summed E-state index contributed by atoms with van der Waals surface area (Å²) in [5.41, 5.74) is 6.57. The molecule has 0 saturated carbocycles. The predicted octanol–water partition coefficient (Wildman–Crippen LogP) is 1.90. The summed E-state index contributed by atoms with van der Waals surface area (Å²) in [5, 5.41) is 0. The summed E-state index contributed by atoms with van der Waals surface area (Å²) in [6.45, 7) is 5.20. The number of rotatable bonds is 8. The van der Waals surface area contributed by atoms with Crippen LogP contribution in [-0.2, 0) is 16.4 Å². The van der Waals surface area contributed by atoms with Crippen LogP contribution in [0.25, 0.3) is 0 Å². The topological polar surface area (TPSA) is 72.2 Å². The minimum Gasteiger partial charge on any atom is -0.330 e. The molecule has 1 rings (SSSR count). The first-order valence-electron chi connectivity index (χ1n) is 6.78.